The van der Waals surface area contributed by atoms with Crippen LogP contribution in [0, 0.1) is 5.92 Å². The van der Waals surface area contributed by atoms with Gasteiger partial charge in [-0.05, 0) is 53.6 Å². The number of aromatic nitrogens is 3. The maximum absolute atomic E-state index is 12.2. The van der Waals surface area contributed by atoms with Gasteiger partial charge in [0.2, 0.25) is 5.91 Å². The molecular formula is C24H29BrClN5O. The number of rotatable bonds is 9. The zero-order valence-corrected chi connectivity index (χ0v) is 20.5. The number of carbonyl (C=O) groups excluding carboxylic acids is 1. The van der Waals surface area contributed by atoms with Crippen molar-refractivity contribution in [3.8, 4) is 11.3 Å². The minimum Gasteiger partial charge on any atom is -0.370 e. The fourth-order valence-corrected chi connectivity index (χ4v) is 4.87. The number of amides is 1. The molecule has 170 valence electrons. The number of fused-ring (bicyclic) bond motifs is 1. The van der Waals surface area contributed by atoms with Crippen molar-refractivity contribution in [2.45, 2.75) is 51.4 Å². The predicted molar refractivity (Wildman–Crippen MR) is 133 cm³/mol. The lowest BCUT2D eigenvalue weighted by molar-refractivity contribution is -0.122. The van der Waals surface area contributed by atoms with E-state index >= 15 is 0 Å². The number of anilines is 1. The number of nitrogens with zero attached hydrogens (tertiary/aromatic N) is 3. The van der Waals surface area contributed by atoms with Crippen LogP contribution >= 0.6 is 27.5 Å². The quantitative estimate of drug-likeness (QED) is 0.336. The van der Waals surface area contributed by atoms with E-state index in [2.05, 4.69) is 31.7 Å². The summed E-state index contributed by atoms with van der Waals surface area (Å²) in [7, 11) is 0. The highest BCUT2D eigenvalue weighted by Gasteiger charge is 2.16. The largest absolute Gasteiger partial charge is 0.370 e. The first kappa shape index (κ1) is 23.1. The van der Waals surface area contributed by atoms with E-state index in [4.69, 9.17) is 16.6 Å². The fraction of sp³-hybridized carbons (Fsp3) is 0.458. The second-order valence-corrected chi connectivity index (χ2v) is 9.69. The van der Waals surface area contributed by atoms with Gasteiger partial charge in [-0.2, -0.15) is 9.61 Å². The van der Waals surface area contributed by atoms with Gasteiger partial charge in [-0.1, -0.05) is 49.1 Å². The van der Waals surface area contributed by atoms with Crippen molar-refractivity contribution in [3.63, 3.8) is 0 Å². The summed E-state index contributed by atoms with van der Waals surface area (Å²) in [6, 6.07) is 9.66. The van der Waals surface area contributed by atoms with E-state index < -0.39 is 0 Å². The van der Waals surface area contributed by atoms with Gasteiger partial charge in [0.1, 0.15) is 5.82 Å². The monoisotopic (exact) mass is 517 g/mol. The lowest BCUT2D eigenvalue weighted by Gasteiger charge is -2.20. The standard InChI is InChI=1S/C24H29BrClN5O/c25-19-16-29-31-22(15-21(30-24(19)31)18-10-4-5-11-20(18)26)27-12-6-7-13-28-23(32)14-17-8-2-1-3-9-17/h4-5,10-11,15-17,27H,1-3,6-9,12-14H2,(H,28,32). The van der Waals surface area contributed by atoms with Crippen molar-refractivity contribution >= 4 is 44.9 Å². The number of hydrogen-bond acceptors (Lipinski definition) is 4. The molecule has 2 N–H and O–H groups in total. The summed E-state index contributed by atoms with van der Waals surface area (Å²) in [4.78, 5) is 16.9. The van der Waals surface area contributed by atoms with Gasteiger partial charge < -0.3 is 10.6 Å². The normalized spacial score (nSPS) is 14.6. The average Bonchev–Trinajstić information content (AvgIpc) is 3.18. The summed E-state index contributed by atoms with van der Waals surface area (Å²) in [6.07, 6.45) is 10.6. The van der Waals surface area contributed by atoms with Crippen molar-refractivity contribution < 1.29 is 4.79 Å². The van der Waals surface area contributed by atoms with E-state index in [0.717, 1.165) is 53.1 Å². The molecule has 1 aliphatic carbocycles. The Hall–Kier alpha value is -2.12. The summed E-state index contributed by atoms with van der Waals surface area (Å²) in [5.74, 6) is 1.64. The Morgan fingerprint density at radius 2 is 1.94 bits per heavy atom. The van der Waals surface area contributed by atoms with Gasteiger partial charge in [-0.25, -0.2) is 4.98 Å². The first-order valence-electron chi connectivity index (χ1n) is 11.4. The molecule has 1 aliphatic rings. The van der Waals surface area contributed by atoms with Crippen LogP contribution < -0.4 is 10.6 Å². The van der Waals surface area contributed by atoms with E-state index in [9.17, 15) is 4.79 Å². The van der Waals surface area contributed by atoms with Crippen LogP contribution in [0.25, 0.3) is 16.9 Å². The average molecular weight is 519 g/mol. The summed E-state index contributed by atoms with van der Waals surface area (Å²) < 4.78 is 2.62. The van der Waals surface area contributed by atoms with Gasteiger partial charge in [0.15, 0.2) is 5.65 Å². The molecule has 6 nitrogen and oxygen atoms in total. The molecule has 0 radical (unpaired) electrons. The molecule has 0 unspecified atom stereocenters. The molecule has 1 amide bonds. The molecule has 1 saturated carbocycles. The third-order valence-electron chi connectivity index (χ3n) is 6.01. The number of nitrogens with one attached hydrogen (secondary N) is 2. The van der Waals surface area contributed by atoms with Crippen molar-refractivity contribution in [3.05, 3.63) is 46.0 Å². The van der Waals surface area contributed by atoms with Crippen LogP contribution in [0.1, 0.15) is 51.4 Å². The van der Waals surface area contributed by atoms with Gasteiger partial charge in [0, 0.05) is 36.2 Å². The van der Waals surface area contributed by atoms with Gasteiger partial charge >= 0.3 is 0 Å². The molecule has 8 heteroatoms. The zero-order valence-electron chi connectivity index (χ0n) is 18.1. The van der Waals surface area contributed by atoms with Crippen LogP contribution in [0.2, 0.25) is 5.02 Å². The van der Waals surface area contributed by atoms with Gasteiger partial charge in [0.05, 0.1) is 16.4 Å². The zero-order chi connectivity index (χ0) is 22.3. The van der Waals surface area contributed by atoms with Crippen molar-refractivity contribution in [1.29, 1.82) is 0 Å². The second kappa shape index (κ2) is 11.1. The number of carbonyl (C=O) groups is 1. The van der Waals surface area contributed by atoms with E-state index in [0.29, 0.717) is 17.4 Å². The molecular weight excluding hydrogens is 490 g/mol. The Morgan fingerprint density at radius 1 is 1.16 bits per heavy atom. The van der Waals surface area contributed by atoms with E-state index in [-0.39, 0.29) is 5.91 Å². The van der Waals surface area contributed by atoms with E-state index in [1.807, 2.05) is 30.3 Å². The number of hydrogen-bond donors (Lipinski definition) is 2. The molecule has 1 fully saturated rings. The highest BCUT2D eigenvalue weighted by molar-refractivity contribution is 9.10. The van der Waals surface area contributed by atoms with Crippen molar-refractivity contribution in [2.75, 3.05) is 18.4 Å². The third kappa shape index (κ3) is 5.81. The SMILES string of the molecule is O=C(CC1CCCCC1)NCCCCNc1cc(-c2ccccc2Cl)nc2c(Br)cnn12. The summed E-state index contributed by atoms with van der Waals surface area (Å²) in [5, 5.41) is 11.6. The number of halogens is 2. The lowest BCUT2D eigenvalue weighted by Crippen LogP contribution is -2.27. The lowest BCUT2D eigenvalue weighted by atomic mass is 9.87. The third-order valence-corrected chi connectivity index (χ3v) is 6.90. The molecule has 3 aromatic rings. The molecule has 2 aromatic heterocycles. The van der Waals surface area contributed by atoms with Crippen LogP contribution in [0.4, 0.5) is 5.82 Å². The van der Waals surface area contributed by atoms with E-state index in [1.54, 1.807) is 10.7 Å². The maximum Gasteiger partial charge on any atom is 0.220 e. The first-order chi connectivity index (χ1) is 15.6. The minimum atomic E-state index is 0.200. The van der Waals surface area contributed by atoms with Gasteiger partial charge in [0.25, 0.3) is 0 Å². The Morgan fingerprint density at radius 3 is 2.75 bits per heavy atom. The van der Waals surface area contributed by atoms with Crippen LogP contribution in [-0.2, 0) is 4.79 Å². The molecule has 0 saturated heterocycles. The van der Waals surface area contributed by atoms with Gasteiger partial charge in [-0.15, -0.1) is 0 Å². The molecule has 32 heavy (non-hydrogen) atoms. The Balaban J connectivity index is 1.30. The first-order valence-corrected chi connectivity index (χ1v) is 12.6. The van der Waals surface area contributed by atoms with Crippen LogP contribution in [0.3, 0.4) is 0 Å². The highest BCUT2D eigenvalue weighted by Crippen LogP contribution is 2.30. The predicted octanol–water partition coefficient (Wildman–Crippen LogP) is 6.09. The topological polar surface area (TPSA) is 71.3 Å². The molecule has 0 aliphatic heterocycles. The maximum atomic E-state index is 12.2. The Labute approximate surface area is 202 Å². The van der Waals surface area contributed by atoms with Crippen LogP contribution in [0.15, 0.2) is 41.0 Å². The fourth-order valence-electron chi connectivity index (χ4n) is 4.29. The van der Waals surface area contributed by atoms with E-state index in [1.165, 1.54) is 32.1 Å². The Bertz CT molecular complexity index is 1060. The van der Waals surface area contributed by atoms with Crippen LogP contribution in [0.5, 0.6) is 0 Å². The van der Waals surface area contributed by atoms with Gasteiger partial charge in [-0.3, -0.25) is 4.79 Å². The molecule has 0 spiro atoms. The summed E-state index contributed by atoms with van der Waals surface area (Å²) in [6.45, 7) is 1.49. The smallest absolute Gasteiger partial charge is 0.220 e. The molecule has 0 bridgehead atoms. The van der Waals surface area contributed by atoms with Crippen LogP contribution in [-0.4, -0.2) is 33.6 Å². The Kier molecular flexibility index (Phi) is 8.03. The summed E-state index contributed by atoms with van der Waals surface area (Å²) >= 11 is 9.93. The van der Waals surface area contributed by atoms with Crippen molar-refractivity contribution in [2.24, 2.45) is 5.92 Å². The molecule has 1 aromatic carbocycles. The number of benzene rings is 1. The molecule has 4 rings (SSSR count). The van der Waals surface area contributed by atoms with Crippen molar-refractivity contribution in [1.82, 2.24) is 19.9 Å². The number of unbranched alkanes of at least 4 members (excludes halogenated alkanes) is 1. The second-order valence-electron chi connectivity index (χ2n) is 8.43. The molecule has 0 atom stereocenters. The summed E-state index contributed by atoms with van der Waals surface area (Å²) in [5.41, 5.74) is 2.41. The minimum absolute atomic E-state index is 0.200. The highest BCUT2D eigenvalue weighted by atomic mass is 79.9. The molecule has 2 heterocycles.